The second kappa shape index (κ2) is 8.55. The fourth-order valence-corrected chi connectivity index (χ4v) is 2.77. The predicted octanol–water partition coefficient (Wildman–Crippen LogP) is 1.77. The van der Waals surface area contributed by atoms with Gasteiger partial charge in [0.1, 0.15) is 5.75 Å². The number of pyridine rings is 1. The lowest BCUT2D eigenvalue weighted by Gasteiger charge is -2.27. The Bertz CT molecular complexity index is 787. The molecule has 0 atom stereocenters. The molecule has 2 N–H and O–H groups in total. The van der Waals surface area contributed by atoms with E-state index >= 15 is 0 Å². The summed E-state index contributed by atoms with van der Waals surface area (Å²) in [5.74, 6) is -0.130. The molecule has 26 heavy (non-hydrogen) atoms. The van der Waals surface area contributed by atoms with Crippen LogP contribution in [0.3, 0.4) is 0 Å². The highest BCUT2D eigenvalue weighted by molar-refractivity contribution is 6.02. The smallest absolute Gasteiger partial charge is 0.271 e. The first-order valence-corrected chi connectivity index (χ1v) is 8.51. The van der Waals surface area contributed by atoms with E-state index in [0.717, 1.165) is 18.7 Å². The number of nitrogens with zero attached hydrogens (tertiary/aromatic N) is 3. The van der Waals surface area contributed by atoms with Gasteiger partial charge in [0.25, 0.3) is 5.91 Å². The molecule has 0 spiro atoms. The van der Waals surface area contributed by atoms with Crippen LogP contribution in [0.1, 0.15) is 28.4 Å². The predicted molar refractivity (Wildman–Crippen MR) is 98.1 cm³/mol. The molecule has 0 aliphatic carbocycles. The Balaban J connectivity index is 1.71. The average Bonchev–Trinajstić information content (AvgIpc) is 2.69. The van der Waals surface area contributed by atoms with Crippen LogP contribution in [-0.2, 0) is 11.3 Å². The number of amides is 1. The topological polar surface area (TPSA) is 87.1 Å². The van der Waals surface area contributed by atoms with E-state index in [9.17, 15) is 9.90 Å². The Morgan fingerprint density at radius 1 is 1.27 bits per heavy atom. The lowest BCUT2D eigenvalue weighted by Crippen LogP contribution is -2.35. The average molecular weight is 354 g/mol. The summed E-state index contributed by atoms with van der Waals surface area (Å²) in [6, 6.07) is 8.79. The van der Waals surface area contributed by atoms with Gasteiger partial charge in [-0.3, -0.25) is 14.7 Å². The number of carbonyl (C=O) groups is 1. The zero-order chi connectivity index (χ0) is 18.4. The highest BCUT2D eigenvalue weighted by Crippen LogP contribution is 2.24. The van der Waals surface area contributed by atoms with Gasteiger partial charge < -0.3 is 9.84 Å². The molecule has 0 unspecified atom stereocenters. The van der Waals surface area contributed by atoms with E-state index in [1.807, 2.05) is 12.1 Å². The number of phenolic OH excluding ortho intramolecular Hbond substituents is 1. The normalized spacial score (nSPS) is 15.7. The molecule has 1 amide bonds. The minimum Gasteiger partial charge on any atom is -0.507 e. The number of rotatable bonds is 5. The van der Waals surface area contributed by atoms with Crippen molar-refractivity contribution in [3.05, 3.63) is 59.4 Å². The van der Waals surface area contributed by atoms with Crippen molar-refractivity contribution in [2.45, 2.75) is 13.5 Å². The summed E-state index contributed by atoms with van der Waals surface area (Å²) in [5, 5.41) is 14.7. The molecule has 0 saturated carbocycles. The molecule has 1 fully saturated rings. The Morgan fingerprint density at radius 3 is 2.73 bits per heavy atom. The van der Waals surface area contributed by atoms with Gasteiger partial charge >= 0.3 is 0 Å². The van der Waals surface area contributed by atoms with Crippen molar-refractivity contribution in [1.82, 2.24) is 15.3 Å². The fraction of sp³-hybridized carbons (Fsp3) is 0.316. The maximum Gasteiger partial charge on any atom is 0.271 e. The van der Waals surface area contributed by atoms with Crippen LogP contribution in [-0.4, -0.2) is 52.9 Å². The van der Waals surface area contributed by atoms with Crippen molar-refractivity contribution in [3.63, 3.8) is 0 Å². The van der Waals surface area contributed by atoms with E-state index < -0.39 is 0 Å². The molecule has 1 saturated heterocycles. The van der Waals surface area contributed by atoms with Crippen molar-refractivity contribution in [3.8, 4) is 5.75 Å². The van der Waals surface area contributed by atoms with Crippen molar-refractivity contribution in [2.24, 2.45) is 5.10 Å². The number of morpholine rings is 1. The van der Waals surface area contributed by atoms with Gasteiger partial charge in [-0.15, -0.1) is 0 Å². The van der Waals surface area contributed by atoms with Gasteiger partial charge in [0.2, 0.25) is 0 Å². The minimum atomic E-state index is -0.323. The largest absolute Gasteiger partial charge is 0.507 e. The maximum atomic E-state index is 12.1. The fourth-order valence-electron chi connectivity index (χ4n) is 2.77. The lowest BCUT2D eigenvalue weighted by molar-refractivity contribution is 0.0339. The second-order valence-electron chi connectivity index (χ2n) is 6.08. The number of phenols is 1. The zero-order valence-electron chi connectivity index (χ0n) is 14.7. The van der Waals surface area contributed by atoms with E-state index in [2.05, 4.69) is 20.4 Å². The van der Waals surface area contributed by atoms with E-state index in [4.69, 9.17) is 4.74 Å². The summed E-state index contributed by atoms with van der Waals surface area (Å²) < 4.78 is 5.35. The summed E-state index contributed by atoms with van der Waals surface area (Å²) in [4.78, 5) is 18.2. The van der Waals surface area contributed by atoms with Crippen molar-refractivity contribution < 1.29 is 14.6 Å². The first-order chi connectivity index (χ1) is 12.6. The Labute approximate surface area is 152 Å². The zero-order valence-corrected chi connectivity index (χ0v) is 14.7. The molecule has 7 nitrogen and oxygen atoms in total. The number of carbonyl (C=O) groups excluding carboxylic acids is 1. The third-order valence-corrected chi connectivity index (χ3v) is 4.27. The van der Waals surface area contributed by atoms with E-state index in [1.165, 1.54) is 0 Å². The molecule has 2 heterocycles. The number of aromatic nitrogens is 1. The standard InChI is InChI=1S/C19H22N4O3/c1-14(21-22-19(25)15-5-7-20-8-6-15)17-4-2-3-16(18(17)24)13-23-9-11-26-12-10-23/h2-8,24H,9-13H2,1H3,(H,22,25)/b21-14+. The minimum absolute atomic E-state index is 0.193. The van der Waals surface area contributed by atoms with Crippen LogP contribution in [0, 0.1) is 0 Å². The van der Waals surface area contributed by atoms with Gasteiger partial charge in [-0.05, 0) is 25.1 Å². The van der Waals surface area contributed by atoms with Gasteiger partial charge in [-0.25, -0.2) is 5.43 Å². The van der Waals surface area contributed by atoms with E-state index in [1.54, 1.807) is 37.5 Å². The molecule has 0 bridgehead atoms. The molecule has 0 radical (unpaired) electrons. The van der Waals surface area contributed by atoms with Crippen LogP contribution in [0.5, 0.6) is 5.75 Å². The molecule has 1 aromatic carbocycles. The number of nitrogens with one attached hydrogen (secondary N) is 1. The molecular formula is C19H22N4O3. The quantitative estimate of drug-likeness (QED) is 0.631. The van der Waals surface area contributed by atoms with E-state index in [0.29, 0.717) is 36.6 Å². The van der Waals surface area contributed by atoms with Crippen LogP contribution in [0.25, 0.3) is 0 Å². The highest BCUT2D eigenvalue weighted by atomic mass is 16.5. The first-order valence-electron chi connectivity index (χ1n) is 8.51. The third-order valence-electron chi connectivity index (χ3n) is 4.27. The number of hydrazone groups is 1. The van der Waals surface area contributed by atoms with Gasteiger partial charge in [0, 0.05) is 48.7 Å². The van der Waals surface area contributed by atoms with E-state index in [-0.39, 0.29) is 11.7 Å². The van der Waals surface area contributed by atoms with Crippen LogP contribution in [0.4, 0.5) is 0 Å². The van der Waals surface area contributed by atoms with Gasteiger partial charge in [-0.1, -0.05) is 12.1 Å². The molecule has 3 rings (SSSR count). The monoisotopic (exact) mass is 354 g/mol. The summed E-state index contributed by atoms with van der Waals surface area (Å²) >= 11 is 0. The lowest BCUT2D eigenvalue weighted by atomic mass is 10.0. The van der Waals surface area contributed by atoms with Crippen LogP contribution < -0.4 is 5.43 Å². The summed E-state index contributed by atoms with van der Waals surface area (Å²) in [7, 11) is 0. The van der Waals surface area contributed by atoms with Crippen molar-refractivity contribution in [1.29, 1.82) is 0 Å². The third kappa shape index (κ3) is 4.44. The molecule has 1 aromatic heterocycles. The highest BCUT2D eigenvalue weighted by Gasteiger charge is 2.15. The van der Waals surface area contributed by atoms with Crippen LogP contribution in [0.2, 0.25) is 0 Å². The van der Waals surface area contributed by atoms with Crippen LogP contribution in [0.15, 0.2) is 47.8 Å². The molecule has 1 aliphatic rings. The SMILES string of the molecule is C/C(=N\NC(=O)c1ccncc1)c1cccc(CN2CCOCC2)c1O. The number of ether oxygens (including phenoxy) is 1. The van der Waals surface area contributed by atoms with Gasteiger partial charge in [-0.2, -0.15) is 5.10 Å². The van der Waals surface area contributed by atoms with Gasteiger partial charge in [0.05, 0.1) is 18.9 Å². The van der Waals surface area contributed by atoms with Crippen molar-refractivity contribution in [2.75, 3.05) is 26.3 Å². The summed E-state index contributed by atoms with van der Waals surface area (Å²) in [6.07, 6.45) is 3.10. The molecule has 2 aromatic rings. The second-order valence-corrected chi connectivity index (χ2v) is 6.08. The van der Waals surface area contributed by atoms with Crippen molar-refractivity contribution >= 4 is 11.6 Å². The Kier molecular flexibility index (Phi) is 5.93. The van der Waals surface area contributed by atoms with Gasteiger partial charge in [0.15, 0.2) is 0 Å². The Morgan fingerprint density at radius 2 is 2.00 bits per heavy atom. The molecular weight excluding hydrogens is 332 g/mol. The number of para-hydroxylation sites is 1. The number of hydrogen-bond acceptors (Lipinski definition) is 6. The van der Waals surface area contributed by atoms with Crippen LogP contribution >= 0.6 is 0 Å². The Hall–Kier alpha value is -2.77. The molecule has 1 aliphatic heterocycles. The molecule has 136 valence electrons. The summed E-state index contributed by atoms with van der Waals surface area (Å²) in [6.45, 7) is 5.52. The maximum absolute atomic E-state index is 12.1. The molecule has 7 heteroatoms. The first kappa shape index (κ1) is 18.0. The number of hydrogen-bond donors (Lipinski definition) is 2. The number of benzene rings is 1. The number of aromatic hydroxyl groups is 1. The summed E-state index contributed by atoms with van der Waals surface area (Å²) in [5.41, 5.74) is 4.95.